The van der Waals surface area contributed by atoms with Gasteiger partial charge in [0.25, 0.3) is 0 Å². The number of alkyl halides is 2. The van der Waals surface area contributed by atoms with Gasteiger partial charge in [-0.1, -0.05) is 29.8 Å². The van der Waals surface area contributed by atoms with E-state index in [9.17, 15) is 8.78 Å². The number of hydrogen-bond donors (Lipinski definition) is 1. The zero-order valence-electron chi connectivity index (χ0n) is 12.7. The van der Waals surface area contributed by atoms with E-state index < -0.39 is 6.61 Å². The number of nitrogens with zero attached hydrogens (tertiary/aromatic N) is 1. The van der Waals surface area contributed by atoms with Crippen molar-refractivity contribution in [1.29, 1.82) is 0 Å². The Kier molecular flexibility index (Phi) is 8.14. The first-order valence-corrected chi connectivity index (χ1v) is 7.94. The predicted octanol–water partition coefficient (Wildman–Crippen LogP) is 3.87. The van der Waals surface area contributed by atoms with Crippen LogP contribution >= 0.6 is 15.9 Å². The largest absolute Gasteiger partial charge is 0.434 e. The van der Waals surface area contributed by atoms with E-state index in [2.05, 4.69) is 51.7 Å². The molecule has 120 valence electrons. The lowest BCUT2D eigenvalue weighted by molar-refractivity contribution is -0.0505. The molecule has 0 saturated carbocycles. The number of benzene rings is 1. The highest BCUT2D eigenvalue weighted by molar-refractivity contribution is 9.10. The van der Waals surface area contributed by atoms with Gasteiger partial charge in [0, 0.05) is 29.2 Å². The van der Waals surface area contributed by atoms with Gasteiger partial charge >= 0.3 is 6.61 Å². The average Bonchev–Trinajstić information content (AvgIpc) is 2.44. The monoisotopic (exact) mass is 364 g/mol. The lowest BCUT2D eigenvalue weighted by atomic mass is 10.2. The van der Waals surface area contributed by atoms with E-state index >= 15 is 0 Å². The molecular formula is C15H23BrF2N2O. The highest BCUT2D eigenvalue weighted by Crippen LogP contribution is 2.24. The maximum absolute atomic E-state index is 12.4. The van der Waals surface area contributed by atoms with Crippen LogP contribution in [0.15, 0.2) is 22.7 Å². The van der Waals surface area contributed by atoms with Crippen LogP contribution in [0.1, 0.15) is 26.3 Å². The topological polar surface area (TPSA) is 24.5 Å². The highest BCUT2D eigenvalue weighted by atomic mass is 79.9. The Morgan fingerprint density at radius 2 is 1.95 bits per heavy atom. The van der Waals surface area contributed by atoms with Crippen LogP contribution in [-0.4, -0.2) is 37.2 Å². The number of halogens is 3. The SMILES string of the molecule is CCN(CC)CC(C)NCc1cc(Br)ccc1OC(F)F. The molecule has 3 nitrogen and oxygen atoms in total. The maximum atomic E-state index is 12.4. The van der Waals surface area contributed by atoms with Crippen molar-refractivity contribution in [1.82, 2.24) is 10.2 Å². The molecule has 6 heteroatoms. The van der Waals surface area contributed by atoms with E-state index in [0.29, 0.717) is 6.54 Å². The molecular weight excluding hydrogens is 342 g/mol. The smallest absolute Gasteiger partial charge is 0.387 e. The number of nitrogens with one attached hydrogen (secondary N) is 1. The van der Waals surface area contributed by atoms with Gasteiger partial charge in [-0.2, -0.15) is 8.78 Å². The molecule has 0 saturated heterocycles. The van der Waals surface area contributed by atoms with Crippen LogP contribution in [-0.2, 0) is 6.54 Å². The molecule has 0 spiro atoms. The Balaban J connectivity index is 2.63. The summed E-state index contributed by atoms with van der Waals surface area (Å²) >= 11 is 3.35. The van der Waals surface area contributed by atoms with E-state index in [1.165, 1.54) is 0 Å². The zero-order chi connectivity index (χ0) is 15.8. The molecule has 1 aromatic carbocycles. The van der Waals surface area contributed by atoms with Gasteiger partial charge in [-0.25, -0.2) is 0 Å². The normalized spacial score (nSPS) is 13.0. The van der Waals surface area contributed by atoms with Crippen molar-refractivity contribution in [3.63, 3.8) is 0 Å². The molecule has 21 heavy (non-hydrogen) atoms. The van der Waals surface area contributed by atoms with Crippen LogP contribution in [0.3, 0.4) is 0 Å². The Labute approximate surface area is 133 Å². The van der Waals surface area contributed by atoms with Gasteiger partial charge in [-0.05, 0) is 38.2 Å². The number of ether oxygens (including phenoxy) is 1. The summed E-state index contributed by atoms with van der Waals surface area (Å²) in [4.78, 5) is 2.31. The Hall–Kier alpha value is -0.720. The molecule has 0 aromatic heterocycles. The summed E-state index contributed by atoms with van der Waals surface area (Å²) < 4.78 is 30.2. The van der Waals surface area contributed by atoms with Crippen LogP contribution in [0, 0.1) is 0 Å². The van der Waals surface area contributed by atoms with Crippen molar-refractivity contribution in [2.45, 2.75) is 40.0 Å². The fourth-order valence-electron chi connectivity index (χ4n) is 2.11. The third-order valence-corrected chi connectivity index (χ3v) is 3.80. The molecule has 1 unspecified atom stereocenters. The van der Waals surface area contributed by atoms with Gasteiger partial charge in [0.05, 0.1) is 0 Å². The summed E-state index contributed by atoms with van der Waals surface area (Å²) in [6, 6.07) is 5.32. The summed E-state index contributed by atoms with van der Waals surface area (Å²) in [6.45, 7) is 6.94. The molecule has 0 radical (unpaired) electrons. The fraction of sp³-hybridized carbons (Fsp3) is 0.600. The Morgan fingerprint density at radius 1 is 1.29 bits per heavy atom. The number of hydrogen-bond acceptors (Lipinski definition) is 3. The third kappa shape index (κ3) is 6.72. The Bertz CT molecular complexity index is 428. The molecule has 1 rings (SSSR count). The standard InChI is InChI=1S/C15H23BrF2N2O/c1-4-20(5-2)10-11(3)19-9-12-8-13(16)6-7-14(12)21-15(17)18/h6-8,11,15,19H,4-5,9-10H2,1-3H3. The van der Waals surface area contributed by atoms with E-state index in [1.807, 2.05) is 0 Å². The van der Waals surface area contributed by atoms with Crippen LogP contribution in [0.2, 0.25) is 0 Å². The molecule has 1 aromatic rings. The van der Waals surface area contributed by atoms with E-state index in [-0.39, 0.29) is 11.8 Å². The summed E-state index contributed by atoms with van der Waals surface area (Å²) in [5, 5.41) is 3.35. The van der Waals surface area contributed by atoms with E-state index in [0.717, 1.165) is 29.7 Å². The first-order valence-electron chi connectivity index (χ1n) is 7.15. The van der Waals surface area contributed by atoms with Gasteiger partial charge < -0.3 is 15.0 Å². The number of rotatable bonds is 9. The lowest BCUT2D eigenvalue weighted by Gasteiger charge is -2.24. The second-order valence-electron chi connectivity index (χ2n) is 4.90. The van der Waals surface area contributed by atoms with Crippen molar-refractivity contribution in [2.24, 2.45) is 0 Å². The first-order chi connectivity index (χ1) is 9.96. The van der Waals surface area contributed by atoms with Crippen LogP contribution < -0.4 is 10.1 Å². The van der Waals surface area contributed by atoms with Crippen molar-refractivity contribution in [3.8, 4) is 5.75 Å². The summed E-state index contributed by atoms with van der Waals surface area (Å²) in [5.41, 5.74) is 0.719. The predicted molar refractivity (Wildman–Crippen MR) is 84.9 cm³/mol. The van der Waals surface area contributed by atoms with Crippen LogP contribution in [0.25, 0.3) is 0 Å². The minimum Gasteiger partial charge on any atom is -0.434 e. The van der Waals surface area contributed by atoms with Crippen LogP contribution in [0.4, 0.5) is 8.78 Å². The van der Waals surface area contributed by atoms with Crippen molar-refractivity contribution in [3.05, 3.63) is 28.2 Å². The quantitative estimate of drug-likeness (QED) is 0.719. The molecule has 0 aliphatic carbocycles. The maximum Gasteiger partial charge on any atom is 0.387 e. The second-order valence-corrected chi connectivity index (χ2v) is 5.81. The molecule has 0 amide bonds. The lowest BCUT2D eigenvalue weighted by Crippen LogP contribution is -2.38. The minimum absolute atomic E-state index is 0.218. The van der Waals surface area contributed by atoms with Crippen molar-refractivity contribution in [2.75, 3.05) is 19.6 Å². The van der Waals surface area contributed by atoms with Gasteiger partial charge in [0.15, 0.2) is 0 Å². The molecule has 0 aliphatic heterocycles. The van der Waals surface area contributed by atoms with E-state index in [1.54, 1.807) is 18.2 Å². The summed E-state index contributed by atoms with van der Waals surface area (Å²) in [6.07, 6.45) is 0. The van der Waals surface area contributed by atoms with Gasteiger partial charge in [0.2, 0.25) is 0 Å². The number of likely N-dealkylation sites (N-methyl/N-ethyl adjacent to an activating group) is 1. The Morgan fingerprint density at radius 3 is 2.52 bits per heavy atom. The summed E-state index contributed by atoms with van der Waals surface area (Å²) in [5.74, 6) is 0.218. The third-order valence-electron chi connectivity index (χ3n) is 3.31. The van der Waals surface area contributed by atoms with Gasteiger partial charge in [-0.3, -0.25) is 0 Å². The highest BCUT2D eigenvalue weighted by Gasteiger charge is 2.12. The van der Waals surface area contributed by atoms with Crippen molar-refractivity contribution >= 4 is 15.9 Å². The minimum atomic E-state index is -2.81. The fourth-order valence-corrected chi connectivity index (χ4v) is 2.52. The van der Waals surface area contributed by atoms with Crippen LogP contribution in [0.5, 0.6) is 5.75 Å². The molecule has 1 atom stereocenters. The first kappa shape index (κ1) is 18.3. The van der Waals surface area contributed by atoms with Crippen molar-refractivity contribution < 1.29 is 13.5 Å². The molecule has 0 fully saturated rings. The van der Waals surface area contributed by atoms with E-state index in [4.69, 9.17) is 0 Å². The van der Waals surface area contributed by atoms with Gasteiger partial charge in [-0.15, -0.1) is 0 Å². The molecule has 0 heterocycles. The molecule has 1 N–H and O–H groups in total. The van der Waals surface area contributed by atoms with Gasteiger partial charge in [0.1, 0.15) is 5.75 Å². The molecule has 0 aliphatic rings. The summed E-state index contributed by atoms with van der Waals surface area (Å²) in [7, 11) is 0. The molecule has 0 bridgehead atoms. The zero-order valence-corrected chi connectivity index (χ0v) is 14.3. The average molecular weight is 365 g/mol. The second kappa shape index (κ2) is 9.33.